The largest absolute Gasteiger partial charge is 0.522 e. The molecule has 1 aromatic carbocycles. The van der Waals surface area contributed by atoms with Gasteiger partial charge in [-0.05, 0) is 33.6 Å². The maximum atomic E-state index is 11.8. The summed E-state index contributed by atoms with van der Waals surface area (Å²) >= 11 is 6.59. The summed E-state index contributed by atoms with van der Waals surface area (Å²) in [7, 11) is 1.46. The maximum absolute atomic E-state index is 11.8. The highest BCUT2D eigenvalue weighted by Gasteiger charge is 2.28. The fraction of sp³-hybridized carbons (Fsp3) is 0.455. The van der Waals surface area contributed by atoms with Crippen molar-refractivity contribution in [2.75, 3.05) is 20.3 Å². The molecule has 0 aromatic heterocycles. The molecule has 0 radical (unpaired) electrons. The molecule has 19 heavy (non-hydrogen) atoms. The van der Waals surface area contributed by atoms with Gasteiger partial charge in [0.1, 0.15) is 6.61 Å². The van der Waals surface area contributed by atoms with Gasteiger partial charge in [-0.15, -0.1) is 13.2 Å². The van der Waals surface area contributed by atoms with Crippen LogP contribution in [0.15, 0.2) is 16.6 Å². The van der Waals surface area contributed by atoms with Crippen molar-refractivity contribution in [1.82, 2.24) is 0 Å². The van der Waals surface area contributed by atoms with Crippen molar-refractivity contribution in [2.24, 2.45) is 0 Å². The third-order valence-electron chi connectivity index (χ3n) is 2.04. The quantitative estimate of drug-likeness (QED) is 0.520. The molecule has 0 atom stereocenters. The normalized spacial score (nSPS) is 11.5. The van der Waals surface area contributed by atoms with Crippen molar-refractivity contribution in [3.05, 3.63) is 22.2 Å². The fourth-order valence-corrected chi connectivity index (χ4v) is 2.22. The van der Waals surface area contributed by atoms with Crippen molar-refractivity contribution in [1.29, 1.82) is 0 Å². The van der Waals surface area contributed by atoms with E-state index < -0.39 is 13.0 Å². The minimum Gasteiger partial charge on any atom is -0.493 e. The van der Waals surface area contributed by atoms with Crippen molar-refractivity contribution in [3.63, 3.8) is 0 Å². The molecule has 1 rings (SSSR count). The number of hydrogen-bond donors (Lipinski definition) is 0. The summed E-state index contributed by atoms with van der Waals surface area (Å²) in [6, 6.07) is 3.52. The van der Waals surface area contributed by atoms with Crippen LogP contribution in [-0.2, 0) is 10.1 Å². The molecule has 0 saturated carbocycles. The van der Waals surface area contributed by atoms with E-state index in [0.717, 1.165) is 5.56 Å². The van der Waals surface area contributed by atoms with Gasteiger partial charge < -0.3 is 9.47 Å². The second kappa shape index (κ2) is 7.35. The Bertz CT molecular complexity index is 424. The van der Waals surface area contributed by atoms with E-state index in [0.29, 0.717) is 21.3 Å². The molecular formula is C11H11Br2F3O3. The lowest BCUT2D eigenvalue weighted by Gasteiger charge is -2.14. The van der Waals surface area contributed by atoms with Crippen molar-refractivity contribution in [3.8, 4) is 11.5 Å². The second-order valence-corrected chi connectivity index (χ2v) is 4.80. The molecule has 0 aliphatic heterocycles. The molecule has 0 heterocycles. The van der Waals surface area contributed by atoms with Gasteiger partial charge in [-0.2, -0.15) is 0 Å². The van der Waals surface area contributed by atoms with Crippen LogP contribution < -0.4 is 9.47 Å². The molecule has 0 spiro atoms. The van der Waals surface area contributed by atoms with Crippen molar-refractivity contribution < 1.29 is 27.4 Å². The van der Waals surface area contributed by atoms with Gasteiger partial charge in [-0.25, -0.2) is 0 Å². The molecule has 8 heteroatoms. The number of rotatable bonds is 6. The molecular weight excluding hydrogens is 397 g/mol. The van der Waals surface area contributed by atoms with Crippen molar-refractivity contribution in [2.45, 2.75) is 11.7 Å². The van der Waals surface area contributed by atoms with Gasteiger partial charge in [0.2, 0.25) is 0 Å². The van der Waals surface area contributed by atoms with E-state index in [9.17, 15) is 13.2 Å². The zero-order valence-electron chi connectivity index (χ0n) is 9.89. The van der Waals surface area contributed by atoms with E-state index >= 15 is 0 Å². The highest BCUT2D eigenvalue weighted by molar-refractivity contribution is 9.10. The van der Waals surface area contributed by atoms with E-state index in [1.165, 1.54) is 7.11 Å². The molecule has 0 saturated heterocycles. The smallest absolute Gasteiger partial charge is 0.493 e. The predicted octanol–water partition coefficient (Wildman–Crippen LogP) is 4.27. The molecule has 0 N–H and O–H groups in total. The Balaban J connectivity index is 2.67. The molecule has 0 aliphatic rings. The number of halogens is 5. The first-order valence-corrected chi connectivity index (χ1v) is 7.04. The first kappa shape index (κ1) is 16.6. The maximum Gasteiger partial charge on any atom is 0.522 e. The fourth-order valence-electron chi connectivity index (χ4n) is 1.29. The monoisotopic (exact) mass is 406 g/mol. The lowest BCUT2D eigenvalue weighted by atomic mass is 10.2. The Morgan fingerprint density at radius 1 is 1.21 bits per heavy atom. The van der Waals surface area contributed by atoms with E-state index in [1.54, 1.807) is 12.1 Å². The Hall–Kier alpha value is -0.470. The first-order valence-electron chi connectivity index (χ1n) is 5.13. The van der Waals surface area contributed by atoms with Crippen LogP contribution in [0, 0.1) is 0 Å². The Labute approximate surface area is 125 Å². The Morgan fingerprint density at radius 2 is 1.89 bits per heavy atom. The summed E-state index contributed by atoms with van der Waals surface area (Å²) in [6.45, 7) is -0.818. The van der Waals surface area contributed by atoms with Crippen LogP contribution in [0.1, 0.15) is 5.56 Å². The number of hydrogen-bond acceptors (Lipinski definition) is 3. The summed E-state index contributed by atoms with van der Waals surface area (Å²) in [4.78, 5) is 0. The lowest BCUT2D eigenvalue weighted by Crippen LogP contribution is -2.18. The van der Waals surface area contributed by atoms with Crippen LogP contribution in [-0.4, -0.2) is 26.7 Å². The average Bonchev–Trinajstić information content (AvgIpc) is 2.34. The van der Waals surface area contributed by atoms with Gasteiger partial charge in [0.25, 0.3) is 0 Å². The molecule has 108 valence electrons. The zero-order chi connectivity index (χ0) is 14.5. The van der Waals surface area contributed by atoms with Crippen LogP contribution in [0.4, 0.5) is 13.2 Å². The minimum absolute atomic E-state index is 0.234. The molecule has 0 amide bonds. The third kappa shape index (κ3) is 5.58. The highest BCUT2D eigenvalue weighted by Crippen LogP contribution is 2.37. The third-order valence-corrected chi connectivity index (χ3v) is 3.28. The second-order valence-electron chi connectivity index (χ2n) is 3.39. The van der Waals surface area contributed by atoms with E-state index in [1.807, 2.05) is 0 Å². The first-order chi connectivity index (χ1) is 8.87. The van der Waals surface area contributed by atoms with Crippen LogP contribution in [0.3, 0.4) is 0 Å². The lowest BCUT2D eigenvalue weighted by molar-refractivity contribution is -0.325. The highest BCUT2D eigenvalue weighted by atomic mass is 79.9. The van der Waals surface area contributed by atoms with E-state index in [2.05, 4.69) is 36.6 Å². The van der Waals surface area contributed by atoms with Gasteiger partial charge in [0.05, 0.1) is 18.2 Å². The predicted molar refractivity (Wildman–Crippen MR) is 70.8 cm³/mol. The topological polar surface area (TPSA) is 27.7 Å². The summed E-state index contributed by atoms with van der Waals surface area (Å²) in [5.74, 6) is 0.786. The Morgan fingerprint density at radius 3 is 2.42 bits per heavy atom. The molecule has 0 aliphatic carbocycles. The van der Waals surface area contributed by atoms with Gasteiger partial charge in [0, 0.05) is 5.33 Å². The van der Waals surface area contributed by atoms with Crippen LogP contribution in [0.5, 0.6) is 11.5 Å². The standard InChI is InChI=1S/C11H11Br2F3O3/c1-17-9-5-7(6-12)4-8(13)10(9)18-2-3-19-11(14,15)16/h4-5H,2-3,6H2,1H3. The van der Waals surface area contributed by atoms with Crippen LogP contribution >= 0.6 is 31.9 Å². The number of methoxy groups -OCH3 is 1. The molecule has 1 aromatic rings. The summed E-state index contributed by atoms with van der Waals surface area (Å²) in [5, 5.41) is 0.624. The number of ether oxygens (including phenoxy) is 3. The molecule has 0 unspecified atom stereocenters. The minimum atomic E-state index is -4.65. The SMILES string of the molecule is COc1cc(CBr)cc(Br)c1OCCOC(F)(F)F. The van der Waals surface area contributed by atoms with Gasteiger partial charge in [-0.1, -0.05) is 15.9 Å². The summed E-state index contributed by atoms with van der Waals surface area (Å²) in [6.07, 6.45) is -4.65. The van der Waals surface area contributed by atoms with Crippen LogP contribution in [0.25, 0.3) is 0 Å². The van der Waals surface area contributed by atoms with Gasteiger partial charge in [0.15, 0.2) is 11.5 Å². The zero-order valence-corrected chi connectivity index (χ0v) is 13.1. The molecule has 3 nitrogen and oxygen atoms in total. The van der Waals surface area contributed by atoms with Gasteiger partial charge >= 0.3 is 6.36 Å². The molecule has 0 fully saturated rings. The van der Waals surface area contributed by atoms with E-state index in [4.69, 9.17) is 9.47 Å². The van der Waals surface area contributed by atoms with Crippen LogP contribution in [0.2, 0.25) is 0 Å². The number of benzene rings is 1. The Kier molecular flexibility index (Phi) is 6.41. The average molecular weight is 408 g/mol. The summed E-state index contributed by atoms with van der Waals surface area (Å²) in [5.41, 5.74) is 0.947. The molecule has 0 bridgehead atoms. The summed E-state index contributed by atoms with van der Waals surface area (Å²) < 4.78 is 50.0. The van der Waals surface area contributed by atoms with Gasteiger partial charge in [-0.3, -0.25) is 4.74 Å². The van der Waals surface area contributed by atoms with E-state index in [-0.39, 0.29) is 6.61 Å². The number of alkyl halides is 4. The van der Waals surface area contributed by atoms with Crippen molar-refractivity contribution >= 4 is 31.9 Å².